The number of nitrogens with one attached hydrogen (secondary N) is 2. The number of hydrogen-bond acceptors (Lipinski definition) is 6. The first-order valence-electron chi connectivity index (χ1n) is 9.33. The number of hydrogen-bond donors (Lipinski definition) is 2. The molecule has 9 nitrogen and oxygen atoms in total. The van der Waals surface area contributed by atoms with Gasteiger partial charge in [-0.15, -0.1) is 5.10 Å². The summed E-state index contributed by atoms with van der Waals surface area (Å²) >= 11 is 0. The molecule has 3 aromatic rings. The zero-order valence-corrected chi connectivity index (χ0v) is 16.8. The largest absolute Gasteiger partial charge is 0.497 e. The van der Waals surface area contributed by atoms with Crippen molar-refractivity contribution in [2.24, 2.45) is 0 Å². The molecule has 0 aliphatic carbocycles. The van der Waals surface area contributed by atoms with E-state index in [4.69, 9.17) is 9.47 Å². The Labute approximate surface area is 174 Å². The van der Waals surface area contributed by atoms with E-state index in [1.807, 2.05) is 24.3 Å². The highest BCUT2D eigenvalue weighted by Gasteiger charge is 2.12. The molecule has 0 bridgehead atoms. The molecule has 30 heavy (non-hydrogen) atoms. The Morgan fingerprint density at radius 3 is 2.70 bits per heavy atom. The van der Waals surface area contributed by atoms with E-state index in [1.165, 1.54) is 10.9 Å². The average molecular weight is 409 g/mol. The lowest BCUT2D eigenvalue weighted by Gasteiger charge is -2.08. The van der Waals surface area contributed by atoms with Crippen molar-refractivity contribution in [2.45, 2.75) is 13.0 Å². The fourth-order valence-corrected chi connectivity index (χ4v) is 2.80. The molecule has 2 amide bonds. The van der Waals surface area contributed by atoms with Crippen LogP contribution < -0.4 is 20.1 Å². The molecule has 0 radical (unpaired) electrons. The summed E-state index contributed by atoms with van der Waals surface area (Å²) in [6, 6.07) is 14.4. The van der Waals surface area contributed by atoms with Crippen LogP contribution in [0.3, 0.4) is 0 Å². The van der Waals surface area contributed by atoms with E-state index in [0.29, 0.717) is 30.3 Å². The van der Waals surface area contributed by atoms with Crippen LogP contribution in [0.25, 0.3) is 0 Å². The molecule has 9 heteroatoms. The number of aromatic nitrogens is 3. The second-order valence-electron chi connectivity index (χ2n) is 6.39. The first-order valence-corrected chi connectivity index (χ1v) is 9.33. The first kappa shape index (κ1) is 20.8. The number of para-hydroxylation sites is 1. The third-order valence-corrected chi connectivity index (χ3v) is 4.31. The lowest BCUT2D eigenvalue weighted by molar-refractivity contribution is -0.120. The van der Waals surface area contributed by atoms with E-state index >= 15 is 0 Å². The van der Waals surface area contributed by atoms with E-state index in [2.05, 4.69) is 20.9 Å². The van der Waals surface area contributed by atoms with Gasteiger partial charge in [-0.2, -0.15) is 0 Å². The van der Waals surface area contributed by atoms with Crippen molar-refractivity contribution in [1.82, 2.24) is 20.3 Å². The first-order chi connectivity index (χ1) is 14.6. The van der Waals surface area contributed by atoms with Gasteiger partial charge in [-0.3, -0.25) is 9.59 Å². The lowest BCUT2D eigenvalue weighted by Crippen LogP contribution is -2.28. The fourth-order valence-electron chi connectivity index (χ4n) is 2.80. The second kappa shape index (κ2) is 10.1. The minimum atomic E-state index is -0.380. The Balaban J connectivity index is 1.48. The summed E-state index contributed by atoms with van der Waals surface area (Å²) in [4.78, 5) is 24.5. The number of benzene rings is 2. The zero-order chi connectivity index (χ0) is 21.3. The Kier molecular flexibility index (Phi) is 6.99. The number of rotatable bonds is 9. The summed E-state index contributed by atoms with van der Waals surface area (Å²) in [5.74, 6) is 0.807. The number of ether oxygens (including phenoxy) is 2. The van der Waals surface area contributed by atoms with Gasteiger partial charge in [0.05, 0.1) is 33.4 Å². The number of methoxy groups -OCH3 is 2. The van der Waals surface area contributed by atoms with Gasteiger partial charge >= 0.3 is 0 Å². The molecule has 2 aromatic carbocycles. The number of carbonyl (C=O) groups is 2. The van der Waals surface area contributed by atoms with Crippen LogP contribution in [-0.2, 0) is 17.8 Å². The standard InChI is InChI=1S/C21H23N5O4/c1-29-17-8-5-7-16(13-17)23-21(28)18-14-26(25-24-18)11-10-22-20(27)12-15-6-3-4-9-19(15)30-2/h3-9,13-14H,10-12H2,1-2H3,(H,22,27)(H,23,28). The fraction of sp³-hybridized carbons (Fsp3) is 0.238. The van der Waals surface area contributed by atoms with E-state index in [0.717, 1.165) is 5.56 Å². The van der Waals surface area contributed by atoms with Crippen molar-refractivity contribution in [3.8, 4) is 11.5 Å². The molecule has 1 heterocycles. The van der Waals surface area contributed by atoms with Crippen LogP contribution in [0.2, 0.25) is 0 Å². The van der Waals surface area contributed by atoms with Crippen molar-refractivity contribution >= 4 is 17.5 Å². The average Bonchev–Trinajstić information content (AvgIpc) is 3.23. The maximum atomic E-state index is 12.3. The number of carbonyl (C=O) groups excluding carboxylic acids is 2. The zero-order valence-electron chi connectivity index (χ0n) is 16.8. The van der Waals surface area contributed by atoms with Gasteiger partial charge in [0, 0.05) is 23.9 Å². The lowest BCUT2D eigenvalue weighted by atomic mass is 10.1. The summed E-state index contributed by atoms with van der Waals surface area (Å²) in [7, 11) is 3.13. The van der Waals surface area contributed by atoms with Crippen molar-refractivity contribution < 1.29 is 19.1 Å². The number of anilines is 1. The van der Waals surface area contributed by atoms with Gasteiger partial charge in [-0.1, -0.05) is 29.5 Å². The summed E-state index contributed by atoms with van der Waals surface area (Å²) in [5.41, 5.74) is 1.59. The quantitative estimate of drug-likeness (QED) is 0.559. The number of nitrogens with zero attached hydrogens (tertiary/aromatic N) is 3. The summed E-state index contributed by atoms with van der Waals surface area (Å²) < 4.78 is 11.9. The predicted octanol–water partition coefficient (Wildman–Crippen LogP) is 1.91. The van der Waals surface area contributed by atoms with Crippen LogP contribution in [-0.4, -0.2) is 47.6 Å². The highest BCUT2D eigenvalue weighted by Crippen LogP contribution is 2.18. The molecule has 0 spiro atoms. The van der Waals surface area contributed by atoms with Gasteiger partial charge in [0.25, 0.3) is 5.91 Å². The predicted molar refractivity (Wildman–Crippen MR) is 111 cm³/mol. The van der Waals surface area contributed by atoms with Crippen LogP contribution in [0.1, 0.15) is 16.1 Å². The third-order valence-electron chi connectivity index (χ3n) is 4.31. The molecule has 0 fully saturated rings. The molecule has 0 saturated heterocycles. The summed E-state index contributed by atoms with van der Waals surface area (Å²) in [5, 5.41) is 13.4. The Morgan fingerprint density at radius 1 is 1.07 bits per heavy atom. The van der Waals surface area contributed by atoms with Crippen molar-refractivity contribution in [2.75, 3.05) is 26.1 Å². The molecule has 156 valence electrons. The molecule has 3 rings (SSSR count). The van der Waals surface area contributed by atoms with Gasteiger partial charge in [0.2, 0.25) is 5.91 Å². The van der Waals surface area contributed by atoms with Gasteiger partial charge < -0.3 is 20.1 Å². The molecule has 0 aliphatic rings. The molecule has 0 unspecified atom stereocenters. The van der Waals surface area contributed by atoms with Crippen LogP contribution in [0.4, 0.5) is 5.69 Å². The third kappa shape index (κ3) is 5.57. The smallest absolute Gasteiger partial charge is 0.277 e. The molecule has 0 aliphatic heterocycles. The van der Waals surface area contributed by atoms with Gasteiger partial charge in [-0.05, 0) is 18.2 Å². The van der Waals surface area contributed by atoms with Gasteiger partial charge in [0.15, 0.2) is 5.69 Å². The Hall–Kier alpha value is -3.88. The van der Waals surface area contributed by atoms with Crippen molar-refractivity contribution in [3.63, 3.8) is 0 Å². The minimum Gasteiger partial charge on any atom is -0.497 e. The van der Waals surface area contributed by atoms with E-state index in [9.17, 15) is 9.59 Å². The van der Waals surface area contributed by atoms with Crippen molar-refractivity contribution in [1.29, 1.82) is 0 Å². The molecule has 0 saturated carbocycles. The summed E-state index contributed by atoms with van der Waals surface area (Å²) in [6.45, 7) is 0.741. The molecule has 0 atom stereocenters. The van der Waals surface area contributed by atoms with Gasteiger partial charge in [0.1, 0.15) is 11.5 Å². The molecule has 1 aromatic heterocycles. The second-order valence-corrected chi connectivity index (χ2v) is 6.39. The van der Waals surface area contributed by atoms with E-state index < -0.39 is 0 Å². The van der Waals surface area contributed by atoms with E-state index in [1.54, 1.807) is 38.5 Å². The number of amides is 2. The Bertz CT molecular complexity index is 1020. The topological polar surface area (TPSA) is 107 Å². The maximum Gasteiger partial charge on any atom is 0.277 e. The SMILES string of the molecule is COc1cccc(NC(=O)c2cn(CCNC(=O)Cc3ccccc3OC)nn2)c1. The van der Waals surface area contributed by atoms with Gasteiger partial charge in [-0.25, -0.2) is 4.68 Å². The summed E-state index contributed by atoms with van der Waals surface area (Å²) in [6.07, 6.45) is 1.75. The normalized spacial score (nSPS) is 10.3. The highest BCUT2D eigenvalue weighted by molar-refractivity contribution is 6.02. The Morgan fingerprint density at radius 2 is 1.90 bits per heavy atom. The van der Waals surface area contributed by atoms with Crippen LogP contribution >= 0.6 is 0 Å². The monoisotopic (exact) mass is 409 g/mol. The minimum absolute atomic E-state index is 0.129. The van der Waals surface area contributed by atoms with Crippen LogP contribution in [0.15, 0.2) is 54.7 Å². The maximum absolute atomic E-state index is 12.3. The molecular weight excluding hydrogens is 386 g/mol. The highest BCUT2D eigenvalue weighted by atomic mass is 16.5. The molecular formula is C21H23N5O4. The van der Waals surface area contributed by atoms with Crippen LogP contribution in [0, 0.1) is 0 Å². The van der Waals surface area contributed by atoms with Crippen molar-refractivity contribution in [3.05, 3.63) is 66.0 Å². The molecule has 2 N–H and O–H groups in total. The van der Waals surface area contributed by atoms with E-state index in [-0.39, 0.29) is 23.9 Å². The van der Waals surface area contributed by atoms with Crippen LogP contribution in [0.5, 0.6) is 11.5 Å².